The molecule has 0 spiro atoms. The van der Waals surface area contributed by atoms with Crippen LogP contribution in [0.1, 0.15) is 25.0 Å². The largest absolute Gasteiger partial charge is 0.373 e. The second-order valence-corrected chi connectivity index (χ2v) is 9.52. The van der Waals surface area contributed by atoms with Crippen molar-refractivity contribution in [1.82, 2.24) is 19.9 Å². The van der Waals surface area contributed by atoms with E-state index in [9.17, 15) is 4.79 Å². The number of aryl methyl sites for hydroxylation is 1. The smallest absolute Gasteiger partial charge is 0.259 e. The fraction of sp³-hybridized carbons (Fsp3) is 0.348. The Morgan fingerprint density at radius 2 is 2.17 bits per heavy atom. The van der Waals surface area contributed by atoms with Crippen molar-refractivity contribution in [2.75, 3.05) is 19.7 Å². The van der Waals surface area contributed by atoms with Crippen molar-refractivity contribution in [1.29, 1.82) is 0 Å². The lowest BCUT2D eigenvalue weighted by atomic mass is 10.0. The summed E-state index contributed by atoms with van der Waals surface area (Å²) in [5, 5.41) is 3.76. The Balaban J connectivity index is 1.52. The summed E-state index contributed by atoms with van der Waals surface area (Å²) in [4.78, 5) is 27.5. The Bertz CT molecular complexity index is 1310. The third-order valence-corrected chi connectivity index (χ3v) is 6.43. The predicted molar refractivity (Wildman–Crippen MR) is 121 cm³/mol. The molecule has 1 aromatic carbocycles. The van der Waals surface area contributed by atoms with Crippen LogP contribution in [-0.4, -0.2) is 45.1 Å². The molecule has 30 heavy (non-hydrogen) atoms. The second-order valence-electron chi connectivity index (χ2n) is 8.57. The number of hydrogen-bond acceptors (Lipinski definition) is 6. The van der Waals surface area contributed by atoms with E-state index in [4.69, 9.17) is 9.72 Å². The van der Waals surface area contributed by atoms with Crippen molar-refractivity contribution in [2.45, 2.75) is 32.9 Å². The summed E-state index contributed by atoms with van der Waals surface area (Å²) in [5.74, 6) is 0.508. The van der Waals surface area contributed by atoms with Crippen molar-refractivity contribution < 1.29 is 4.74 Å². The van der Waals surface area contributed by atoms with Crippen molar-refractivity contribution in [2.24, 2.45) is 0 Å². The zero-order valence-electron chi connectivity index (χ0n) is 17.4. The van der Waals surface area contributed by atoms with Crippen molar-refractivity contribution in [3.05, 3.63) is 57.3 Å². The minimum absolute atomic E-state index is 0.129. The fourth-order valence-corrected chi connectivity index (χ4v) is 4.99. The van der Waals surface area contributed by atoms with Crippen LogP contribution in [0.2, 0.25) is 0 Å². The van der Waals surface area contributed by atoms with E-state index in [1.54, 1.807) is 11.3 Å². The van der Waals surface area contributed by atoms with E-state index >= 15 is 0 Å². The highest BCUT2D eigenvalue weighted by molar-refractivity contribution is 7.17. The summed E-state index contributed by atoms with van der Waals surface area (Å²) in [5.41, 5.74) is 3.26. The Hall–Kier alpha value is -2.61. The van der Waals surface area contributed by atoms with Gasteiger partial charge in [-0.15, -0.1) is 11.3 Å². The number of fused-ring (bicyclic) bond motifs is 2. The van der Waals surface area contributed by atoms with Crippen LogP contribution in [0.5, 0.6) is 0 Å². The third-order valence-electron chi connectivity index (χ3n) is 5.55. The number of benzene rings is 1. The van der Waals surface area contributed by atoms with E-state index in [0.717, 1.165) is 53.0 Å². The van der Waals surface area contributed by atoms with Gasteiger partial charge in [-0.25, -0.2) is 4.98 Å². The van der Waals surface area contributed by atoms with Gasteiger partial charge in [-0.1, -0.05) is 6.07 Å². The highest BCUT2D eigenvalue weighted by Gasteiger charge is 2.27. The van der Waals surface area contributed by atoms with E-state index in [-0.39, 0.29) is 11.2 Å². The first-order valence-electron chi connectivity index (χ1n) is 10.1. The van der Waals surface area contributed by atoms with Gasteiger partial charge >= 0.3 is 0 Å². The number of rotatable bonds is 3. The average molecular weight is 421 g/mol. The molecule has 6 nitrogen and oxygen atoms in total. The average Bonchev–Trinajstić information content (AvgIpc) is 3.16. The quantitative estimate of drug-likeness (QED) is 0.540. The monoisotopic (exact) mass is 420 g/mol. The van der Waals surface area contributed by atoms with Gasteiger partial charge in [0.25, 0.3) is 5.56 Å². The second kappa shape index (κ2) is 7.27. The summed E-state index contributed by atoms with van der Waals surface area (Å²) < 4.78 is 6.94. The molecule has 1 aliphatic heterocycles. The molecular formula is C23H24N4O2S. The molecule has 0 unspecified atom stereocenters. The minimum Gasteiger partial charge on any atom is -0.373 e. The molecule has 0 radical (unpaired) electrons. The lowest BCUT2D eigenvalue weighted by Crippen LogP contribution is -2.47. The Morgan fingerprint density at radius 1 is 1.30 bits per heavy atom. The number of nitrogens with zero attached hydrogens (tertiary/aromatic N) is 3. The molecule has 0 aliphatic carbocycles. The molecule has 4 aromatic rings. The molecule has 0 saturated carbocycles. The molecule has 1 saturated heterocycles. The molecule has 0 atom stereocenters. The van der Waals surface area contributed by atoms with E-state index in [2.05, 4.69) is 34.8 Å². The molecule has 0 amide bonds. The van der Waals surface area contributed by atoms with Crippen molar-refractivity contribution in [3.8, 4) is 11.5 Å². The first-order chi connectivity index (χ1) is 14.4. The number of aromatic amines is 1. The maximum absolute atomic E-state index is 12.9. The first kappa shape index (κ1) is 19.4. The Kier molecular flexibility index (Phi) is 4.69. The predicted octanol–water partition coefficient (Wildman–Crippen LogP) is 4.12. The number of pyridine rings is 1. The fourth-order valence-electron chi connectivity index (χ4n) is 4.20. The standard InChI is InChI=1S/C23H24N4O2S/c1-14-8-15(12-27-5-6-29-23(2,3)13-27)9-17-20(14)25-21(26-22(17)28)18-10-19-16(11-24-18)4-7-30-19/h4,7-11H,5-6,12-13H2,1-3H3,(H,25,26,28). The SMILES string of the molecule is Cc1cc(CN2CCOC(C)(C)C2)cc2c(=O)[nH]c(-c3cc4sccc4cn3)nc12. The van der Waals surface area contributed by atoms with E-state index < -0.39 is 0 Å². The highest BCUT2D eigenvalue weighted by Crippen LogP contribution is 2.26. The van der Waals surface area contributed by atoms with Crippen LogP contribution in [0.25, 0.3) is 32.5 Å². The first-order valence-corrected chi connectivity index (χ1v) is 11.0. The minimum atomic E-state index is -0.144. The van der Waals surface area contributed by atoms with Crippen LogP contribution >= 0.6 is 11.3 Å². The van der Waals surface area contributed by atoms with Gasteiger partial charge in [0.05, 0.1) is 23.1 Å². The maximum Gasteiger partial charge on any atom is 0.259 e. The number of morpholine rings is 1. The van der Waals surface area contributed by atoms with Gasteiger partial charge in [0.15, 0.2) is 5.82 Å². The van der Waals surface area contributed by atoms with Crippen molar-refractivity contribution in [3.63, 3.8) is 0 Å². The number of H-pyrrole nitrogens is 1. The van der Waals surface area contributed by atoms with E-state index in [0.29, 0.717) is 16.9 Å². The third kappa shape index (κ3) is 3.64. The number of ether oxygens (including phenoxy) is 1. The topological polar surface area (TPSA) is 71.1 Å². The van der Waals surface area contributed by atoms with Crippen LogP contribution in [0.4, 0.5) is 0 Å². The van der Waals surface area contributed by atoms with E-state index in [1.807, 2.05) is 36.7 Å². The zero-order valence-corrected chi connectivity index (χ0v) is 18.2. The van der Waals surface area contributed by atoms with Crippen LogP contribution in [0, 0.1) is 6.92 Å². The van der Waals surface area contributed by atoms with Gasteiger partial charge in [0.1, 0.15) is 5.69 Å². The lowest BCUT2D eigenvalue weighted by Gasteiger charge is -2.38. The van der Waals surface area contributed by atoms with Gasteiger partial charge in [-0.2, -0.15) is 0 Å². The van der Waals surface area contributed by atoms with Gasteiger partial charge in [-0.05, 0) is 55.5 Å². The summed E-state index contributed by atoms with van der Waals surface area (Å²) in [7, 11) is 0. The number of aromatic nitrogens is 3. The van der Waals surface area contributed by atoms with Gasteiger partial charge in [0.2, 0.25) is 0 Å². The van der Waals surface area contributed by atoms with E-state index in [1.165, 1.54) is 0 Å². The van der Waals surface area contributed by atoms with Gasteiger partial charge < -0.3 is 9.72 Å². The molecule has 0 bridgehead atoms. The molecule has 1 fully saturated rings. The molecule has 1 aliphatic rings. The van der Waals surface area contributed by atoms with Crippen LogP contribution in [-0.2, 0) is 11.3 Å². The number of nitrogens with one attached hydrogen (secondary N) is 1. The van der Waals surface area contributed by atoms with Gasteiger partial charge in [-0.3, -0.25) is 14.7 Å². The lowest BCUT2D eigenvalue weighted by molar-refractivity contribution is -0.0882. The molecule has 1 N–H and O–H groups in total. The number of hydrogen-bond donors (Lipinski definition) is 1. The summed E-state index contributed by atoms with van der Waals surface area (Å²) in [6.45, 7) is 9.53. The summed E-state index contributed by atoms with van der Waals surface area (Å²) in [6, 6.07) is 8.12. The highest BCUT2D eigenvalue weighted by atomic mass is 32.1. The number of thiophene rings is 1. The summed E-state index contributed by atoms with van der Waals surface area (Å²) in [6.07, 6.45) is 1.82. The van der Waals surface area contributed by atoms with Crippen LogP contribution in [0.15, 0.2) is 40.6 Å². The maximum atomic E-state index is 12.9. The molecule has 3 aromatic heterocycles. The van der Waals surface area contributed by atoms with Crippen molar-refractivity contribution >= 4 is 32.3 Å². The normalized spacial score (nSPS) is 17.0. The zero-order chi connectivity index (χ0) is 20.9. The molecule has 7 heteroatoms. The molecule has 154 valence electrons. The van der Waals surface area contributed by atoms with Crippen LogP contribution < -0.4 is 5.56 Å². The Labute approximate surface area is 178 Å². The molecule has 4 heterocycles. The summed E-state index contributed by atoms with van der Waals surface area (Å²) >= 11 is 1.65. The Morgan fingerprint density at radius 3 is 3.00 bits per heavy atom. The van der Waals surface area contributed by atoms with Gasteiger partial charge in [0, 0.05) is 35.9 Å². The van der Waals surface area contributed by atoms with Crippen LogP contribution in [0.3, 0.4) is 0 Å². The molecular weight excluding hydrogens is 396 g/mol. The molecule has 5 rings (SSSR count).